The van der Waals surface area contributed by atoms with Gasteiger partial charge in [0.05, 0.1) is 16.7 Å². The number of aromatic nitrogens is 1. The van der Waals surface area contributed by atoms with Crippen molar-refractivity contribution in [1.29, 1.82) is 0 Å². The minimum absolute atomic E-state index is 0.190. The summed E-state index contributed by atoms with van der Waals surface area (Å²) in [6, 6.07) is 7.62. The van der Waals surface area contributed by atoms with E-state index in [1.54, 1.807) is 12.4 Å². The fourth-order valence-corrected chi connectivity index (χ4v) is 2.30. The first-order chi connectivity index (χ1) is 9.06. The zero-order valence-corrected chi connectivity index (χ0v) is 13.1. The molecule has 6 heteroatoms. The molecule has 0 radical (unpaired) electrons. The van der Waals surface area contributed by atoms with Gasteiger partial charge in [-0.3, -0.25) is 4.79 Å². The summed E-state index contributed by atoms with van der Waals surface area (Å²) in [7, 11) is 0. The summed E-state index contributed by atoms with van der Waals surface area (Å²) in [6.07, 6.45) is 3.31. The Balaban J connectivity index is 1.96. The van der Waals surface area contributed by atoms with Gasteiger partial charge in [-0.25, -0.2) is 0 Å². The van der Waals surface area contributed by atoms with Crippen LogP contribution < -0.4 is 15.9 Å². The third kappa shape index (κ3) is 3.84. The lowest BCUT2D eigenvalue weighted by atomic mass is 10.3. The number of halogens is 2. The number of nitrogens with zero attached hydrogens (tertiary/aromatic N) is 1. The molecule has 4 nitrogen and oxygen atoms in total. The number of nitrogen functional groups attached to an aromatic ring is 1. The van der Waals surface area contributed by atoms with E-state index in [2.05, 4.69) is 31.9 Å². The number of hydrogen-bond acceptors (Lipinski definition) is 3. The fraction of sp³-hybridized carbons (Fsp3) is 0.154. The fourth-order valence-electron chi connectivity index (χ4n) is 1.55. The van der Waals surface area contributed by atoms with Gasteiger partial charge in [0.1, 0.15) is 12.4 Å². The summed E-state index contributed by atoms with van der Waals surface area (Å²) < 4.78 is 8.88. The number of benzene rings is 1. The molecule has 0 amide bonds. The van der Waals surface area contributed by atoms with Gasteiger partial charge in [-0.1, -0.05) is 15.9 Å². The predicted octanol–water partition coefficient (Wildman–Crippen LogP) is 3.03. The van der Waals surface area contributed by atoms with Crippen molar-refractivity contribution in [1.82, 2.24) is 4.57 Å². The van der Waals surface area contributed by atoms with E-state index in [9.17, 15) is 4.79 Å². The maximum atomic E-state index is 11.4. The second-order valence-corrected chi connectivity index (χ2v) is 5.70. The maximum absolute atomic E-state index is 11.4. The minimum atomic E-state index is -0.190. The number of ether oxygens (including phenoxy) is 1. The minimum Gasteiger partial charge on any atom is -0.492 e. The molecule has 0 bridgehead atoms. The Morgan fingerprint density at radius 3 is 2.47 bits per heavy atom. The van der Waals surface area contributed by atoms with E-state index in [0.29, 0.717) is 17.6 Å². The van der Waals surface area contributed by atoms with Crippen LogP contribution in [0.25, 0.3) is 0 Å². The van der Waals surface area contributed by atoms with Gasteiger partial charge in [0, 0.05) is 16.9 Å². The molecule has 0 aliphatic carbocycles. The van der Waals surface area contributed by atoms with Gasteiger partial charge < -0.3 is 15.0 Å². The van der Waals surface area contributed by atoms with Gasteiger partial charge in [-0.05, 0) is 40.2 Å². The van der Waals surface area contributed by atoms with Crippen molar-refractivity contribution in [2.75, 3.05) is 12.3 Å². The van der Waals surface area contributed by atoms with Crippen molar-refractivity contribution < 1.29 is 4.74 Å². The molecule has 2 N–H and O–H groups in total. The Morgan fingerprint density at radius 1 is 1.16 bits per heavy atom. The van der Waals surface area contributed by atoms with Crippen LogP contribution in [0.5, 0.6) is 5.75 Å². The zero-order valence-electron chi connectivity index (χ0n) is 9.98. The molecule has 0 atom stereocenters. The van der Waals surface area contributed by atoms with E-state index in [0.717, 1.165) is 10.2 Å². The SMILES string of the molecule is Nc1cn(CCOc2ccc(Br)cc2)cc(Br)c1=O. The smallest absolute Gasteiger partial charge is 0.218 e. The van der Waals surface area contributed by atoms with Gasteiger partial charge in [-0.15, -0.1) is 0 Å². The summed E-state index contributed by atoms with van der Waals surface area (Å²) in [6.45, 7) is 1.11. The molecule has 2 aromatic rings. The molecule has 1 heterocycles. The monoisotopic (exact) mass is 386 g/mol. The molecule has 2 rings (SSSR count). The highest BCUT2D eigenvalue weighted by atomic mass is 79.9. The van der Waals surface area contributed by atoms with Crippen molar-refractivity contribution in [2.45, 2.75) is 6.54 Å². The van der Waals surface area contributed by atoms with E-state index in [4.69, 9.17) is 10.5 Å². The van der Waals surface area contributed by atoms with Crippen LogP contribution in [0, 0.1) is 0 Å². The van der Waals surface area contributed by atoms with E-state index < -0.39 is 0 Å². The van der Waals surface area contributed by atoms with E-state index in [-0.39, 0.29) is 11.1 Å². The molecule has 0 saturated carbocycles. The van der Waals surface area contributed by atoms with Gasteiger partial charge in [0.25, 0.3) is 0 Å². The number of rotatable bonds is 4. The van der Waals surface area contributed by atoms with Crippen molar-refractivity contribution in [2.24, 2.45) is 0 Å². The van der Waals surface area contributed by atoms with Crippen LogP contribution in [0.3, 0.4) is 0 Å². The molecule has 0 fully saturated rings. The van der Waals surface area contributed by atoms with E-state index >= 15 is 0 Å². The molecular weight excluding hydrogens is 376 g/mol. The molecular formula is C13H12Br2N2O2. The van der Waals surface area contributed by atoms with Crippen LogP contribution in [0.1, 0.15) is 0 Å². The summed E-state index contributed by atoms with van der Waals surface area (Å²) in [5.41, 5.74) is 5.64. The largest absolute Gasteiger partial charge is 0.492 e. The Hall–Kier alpha value is -1.27. The molecule has 1 aromatic heterocycles. The van der Waals surface area contributed by atoms with Crippen LogP contribution in [0.4, 0.5) is 5.69 Å². The average Bonchev–Trinajstić information content (AvgIpc) is 2.38. The highest BCUT2D eigenvalue weighted by Gasteiger charge is 2.02. The van der Waals surface area contributed by atoms with Crippen molar-refractivity contribution in [3.63, 3.8) is 0 Å². The van der Waals surface area contributed by atoms with E-state index in [1.807, 2.05) is 28.8 Å². The Labute approximate surface area is 127 Å². The van der Waals surface area contributed by atoms with Crippen LogP contribution in [0.15, 0.2) is 50.4 Å². The lowest BCUT2D eigenvalue weighted by Gasteiger charge is -2.10. The molecule has 0 saturated heterocycles. The summed E-state index contributed by atoms with van der Waals surface area (Å²) in [5, 5.41) is 0. The number of pyridine rings is 1. The van der Waals surface area contributed by atoms with Crippen molar-refractivity contribution in [3.05, 3.63) is 55.8 Å². The highest BCUT2D eigenvalue weighted by molar-refractivity contribution is 9.10. The lowest BCUT2D eigenvalue weighted by Crippen LogP contribution is -2.15. The lowest BCUT2D eigenvalue weighted by molar-refractivity contribution is 0.298. The number of nitrogens with two attached hydrogens (primary N) is 1. The third-order valence-electron chi connectivity index (χ3n) is 2.50. The number of hydrogen-bond donors (Lipinski definition) is 1. The van der Waals surface area contributed by atoms with Crippen molar-refractivity contribution >= 4 is 37.5 Å². The third-order valence-corrected chi connectivity index (χ3v) is 3.59. The van der Waals surface area contributed by atoms with Crippen molar-refractivity contribution in [3.8, 4) is 5.75 Å². The standard InChI is InChI=1S/C13H12Br2N2O2/c14-9-1-3-10(4-2-9)19-6-5-17-7-11(15)13(18)12(16)8-17/h1-4,7-8H,5-6,16H2. The van der Waals surface area contributed by atoms with E-state index in [1.165, 1.54) is 0 Å². The molecule has 1 aromatic carbocycles. The summed E-state index contributed by atoms with van der Waals surface area (Å²) in [5.74, 6) is 0.802. The van der Waals surface area contributed by atoms with Gasteiger partial charge in [-0.2, -0.15) is 0 Å². The maximum Gasteiger partial charge on any atom is 0.218 e. The first-order valence-corrected chi connectivity index (χ1v) is 7.18. The Bertz CT molecular complexity index is 597. The highest BCUT2D eigenvalue weighted by Crippen LogP contribution is 2.16. The molecule has 0 spiro atoms. The topological polar surface area (TPSA) is 57.2 Å². The molecule has 0 unspecified atom stereocenters. The average molecular weight is 388 g/mol. The number of anilines is 1. The second kappa shape index (κ2) is 6.25. The van der Waals surface area contributed by atoms with Crippen LogP contribution in [0.2, 0.25) is 0 Å². The first kappa shape index (κ1) is 14.1. The molecule has 0 aliphatic rings. The van der Waals surface area contributed by atoms with Crippen LogP contribution in [-0.4, -0.2) is 11.2 Å². The van der Waals surface area contributed by atoms with Gasteiger partial charge in [0.15, 0.2) is 0 Å². The molecule has 19 heavy (non-hydrogen) atoms. The first-order valence-electron chi connectivity index (χ1n) is 5.59. The van der Waals surface area contributed by atoms with Crippen LogP contribution >= 0.6 is 31.9 Å². The molecule has 100 valence electrons. The summed E-state index contributed by atoms with van der Waals surface area (Å²) >= 11 is 6.55. The zero-order chi connectivity index (χ0) is 13.8. The summed E-state index contributed by atoms with van der Waals surface area (Å²) in [4.78, 5) is 11.4. The second-order valence-electron chi connectivity index (χ2n) is 3.93. The Kier molecular flexibility index (Phi) is 4.66. The van der Waals surface area contributed by atoms with Gasteiger partial charge in [0.2, 0.25) is 5.43 Å². The van der Waals surface area contributed by atoms with Gasteiger partial charge >= 0.3 is 0 Å². The predicted molar refractivity (Wildman–Crippen MR) is 82.5 cm³/mol. The Morgan fingerprint density at radius 2 is 1.84 bits per heavy atom. The normalized spacial score (nSPS) is 10.4. The molecule has 0 aliphatic heterocycles. The van der Waals surface area contributed by atoms with Crippen LogP contribution in [-0.2, 0) is 6.54 Å². The quantitative estimate of drug-likeness (QED) is 0.877.